The zero-order valence-electron chi connectivity index (χ0n) is 9.35. The van der Waals surface area contributed by atoms with Crippen molar-refractivity contribution < 1.29 is 33.3 Å². The van der Waals surface area contributed by atoms with Crippen molar-refractivity contribution in [3.63, 3.8) is 0 Å². The summed E-state index contributed by atoms with van der Waals surface area (Å²) < 4.78 is 17.6. The normalized spacial score (nSPS) is 10.2. The molecule has 0 rings (SSSR count). The summed E-state index contributed by atoms with van der Waals surface area (Å²) in [4.78, 5) is 31.8. The fraction of sp³-hybridized carbons (Fsp3) is 0.667. The Hall–Kier alpha value is -1.79. The molecule has 0 radical (unpaired) electrons. The third-order valence-electron chi connectivity index (χ3n) is 1.60. The fourth-order valence-corrected chi connectivity index (χ4v) is 0.726. The van der Waals surface area contributed by atoms with Gasteiger partial charge in [-0.3, -0.25) is 9.59 Å². The summed E-state index contributed by atoms with van der Waals surface area (Å²) in [6.45, 7) is 2.51. The molecule has 0 atom stereocenters. The van der Waals surface area contributed by atoms with Crippen LogP contribution in [0, 0.1) is 5.41 Å². The number of carbonyl (C=O) groups excluding carboxylic acids is 3. The van der Waals surface area contributed by atoms with E-state index in [1.807, 2.05) is 0 Å². The van der Waals surface area contributed by atoms with Crippen molar-refractivity contribution in [2.75, 3.05) is 20.5 Å². The summed E-state index contributed by atoms with van der Waals surface area (Å²) in [6, 6.07) is 0. The molecule has 0 amide bonds. The molecule has 16 heavy (non-hydrogen) atoms. The molecule has 0 spiro atoms. The highest BCUT2D eigenvalue weighted by atomic mass is 16.8. The van der Waals surface area contributed by atoms with E-state index in [0.717, 1.165) is 0 Å². The van der Waals surface area contributed by atoms with Gasteiger partial charge in [0, 0.05) is 0 Å². The van der Waals surface area contributed by atoms with Crippen LogP contribution in [0.1, 0.15) is 13.8 Å². The van der Waals surface area contributed by atoms with Gasteiger partial charge in [-0.25, -0.2) is 4.79 Å². The van der Waals surface area contributed by atoms with Gasteiger partial charge in [0.05, 0.1) is 12.5 Å². The van der Waals surface area contributed by atoms with E-state index in [1.165, 1.54) is 7.11 Å². The number of methoxy groups -OCH3 is 1. The Morgan fingerprint density at radius 3 is 2.38 bits per heavy atom. The van der Waals surface area contributed by atoms with E-state index < -0.39 is 24.3 Å². The van der Waals surface area contributed by atoms with E-state index in [0.29, 0.717) is 0 Å². The lowest BCUT2D eigenvalue weighted by Crippen LogP contribution is -2.32. The summed E-state index contributed by atoms with van der Waals surface area (Å²) in [7, 11) is 1.24. The van der Waals surface area contributed by atoms with Gasteiger partial charge >= 0.3 is 12.1 Å². The minimum absolute atomic E-state index is 0.131. The third kappa shape index (κ3) is 5.18. The highest BCUT2D eigenvalue weighted by Gasteiger charge is 2.30. The van der Waals surface area contributed by atoms with E-state index in [4.69, 9.17) is 0 Å². The van der Waals surface area contributed by atoms with E-state index in [1.54, 1.807) is 13.8 Å². The highest BCUT2D eigenvalue weighted by Crippen LogP contribution is 2.17. The van der Waals surface area contributed by atoms with E-state index >= 15 is 0 Å². The molecule has 0 aromatic carbocycles. The minimum atomic E-state index is -1.03. The number of esters is 1. The van der Waals surface area contributed by atoms with Crippen LogP contribution in [0.3, 0.4) is 0 Å². The molecule has 7 heteroatoms. The zero-order chi connectivity index (χ0) is 12.6. The van der Waals surface area contributed by atoms with Gasteiger partial charge in [-0.1, -0.05) is 0 Å². The Morgan fingerprint density at radius 1 is 1.25 bits per heavy atom. The fourth-order valence-electron chi connectivity index (χ4n) is 0.726. The largest absolute Gasteiger partial charge is 0.511 e. The molecule has 0 aliphatic carbocycles. The van der Waals surface area contributed by atoms with Crippen LogP contribution in [0.25, 0.3) is 0 Å². The molecule has 7 nitrogen and oxygen atoms in total. The van der Waals surface area contributed by atoms with Crippen molar-refractivity contribution in [1.82, 2.24) is 0 Å². The average molecular weight is 234 g/mol. The molecular weight excluding hydrogens is 220 g/mol. The van der Waals surface area contributed by atoms with Crippen molar-refractivity contribution in [1.29, 1.82) is 0 Å². The molecule has 0 heterocycles. The molecule has 0 aromatic rings. The summed E-state index contributed by atoms with van der Waals surface area (Å²) in [5, 5.41) is 0. The standard InChI is InChI=1S/C9H14O7/c1-9(2,7(11)13-3)4-15-8(12)16-6-14-5-10/h5H,4,6H2,1-3H3. The predicted octanol–water partition coefficient (Wildman–Crippen LogP) is 0.469. The molecule has 0 saturated carbocycles. The second kappa shape index (κ2) is 6.65. The lowest BCUT2D eigenvalue weighted by molar-refractivity contribution is -0.153. The molecule has 0 aliphatic heterocycles. The number of ether oxygens (including phenoxy) is 4. The van der Waals surface area contributed by atoms with Crippen LogP contribution in [-0.4, -0.2) is 39.1 Å². The first-order chi connectivity index (χ1) is 7.44. The van der Waals surface area contributed by atoms with E-state index in [2.05, 4.69) is 18.9 Å². The summed E-state index contributed by atoms with van der Waals surface area (Å²) in [5.41, 5.74) is -0.959. The number of hydrogen-bond acceptors (Lipinski definition) is 7. The minimum Gasteiger partial charge on any atom is -0.469 e. The van der Waals surface area contributed by atoms with Crippen LogP contribution in [0.4, 0.5) is 4.79 Å². The quantitative estimate of drug-likeness (QED) is 0.217. The van der Waals surface area contributed by atoms with Gasteiger partial charge in [-0.05, 0) is 13.8 Å². The highest BCUT2D eigenvalue weighted by molar-refractivity contribution is 5.76. The van der Waals surface area contributed by atoms with E-state index in [9.17, 15) is 14.4 Å². The van der Waals surface area contributed by atoms with Gasteiger partial charge in [0.25, 0.3) is 6.47 Å². The second-order valence-electron chi connectivity index (χ2n) is 3.44. The Bertz CT molecular complexity index is 259. The van der Waals surface area contributed by atoms with Crippen LogP contribution in [0.2, 0.25) is 0 Å². The predicted molar refractivity (Wildman–Crippen MR) is 50.2 cm³/mol. The molecule has 0 aromatic heterocycles. The van der Waals surface area contributed by atoms with Crippen LogP contribution in [0.5, 0.6) is 0 Å². The van der Waals surface area contributed by atoms with Gasteiger partial charge in [0.15, 0.2) is 0 Å². The lowest BCUT2D eigenvalue weighted by atomic mass is 9.95. The molecule has 0 bridgehead atoms. The number of hydrogen-bond donors (Lipinski definition) is 0. The van der Waals surface area contributed by atoms with E-state index in [-0.39, 0.29) is 13.1 Å². The third-order valence-corrected chi connectivity index (χ3v) is 1.60. The summed E-state index contributed by atoms with van der Waals surface area (Å²) in [5.74, 6) is -0.510. The van der Waals surface area contributed by atoms with Crippen LogP contribution in [-0.2, 0) is 28.5 Å². The molecule has 92 valence electrons. The van der Waals surface area contributed by atoms with Crippen molar-refractivity contribution in [3.05, 3.63) is 0 Å². The van der Waals surface area contributed by atoms with Crippen molar-refractivity contribution in [3.8, 4) is 0 Å². The summed E-state index contributed by atoms with van der Waals surface area (Å²) in [6.07, 6.45) is -1.03. The second-order valence-corrected chi connectivity index (χ2v) is 3.44. The van der Waals surface area contributed by atoms with Crippen molar-refractivity contribution >= 4 is 18.6 Å². The molecule has 0 fully saturated rings. The van der Waals surface area contributed by atoms with Crippen LogP contribution >= 0.6 is 0 Å². The van der Waals surface area contributed by atoms with Crippen molar-refractivity contribution in [2.45, 2.75) is 13.8 Å². The van der Waals surface area contributed by atoms with Gasteiger partial charge < -0.3 is 18.9 Å². The Balaban J connectivity index is 3.90. The first-order valence-electron chi connectivity index (χ1n) is 4.37. The Morgan fingerprint density at radius 2 is 1.88 bits per heavy atom. The van der Waals surface area contributed by atoms with Gasteiger partial charge in [0.2, 0.25) is 6.79 Å². The first kappa shape index (κ1) is 14.2. The van der Waals surface area contributed by atoms with Crippen LogP contribution < -0.4 is 0 Å². The Kier molecular flexibility index (Phi) is 5.91. The van der Waals surface area contributed by atoms with Gasteiger partial charge in [-0.15, -0.1) is 0 Å². The maximum Gasteiger partial charge on any atom is 0.511 e. The maximum absolute atomic E-state index is 11.2. The zero-order valence-corrected chi connectivity index (χ0v) is 9.35. The smallest absolute Gasteiger partial charge is 0.469 e. The van der Waals surface area contributed by atoms with Gasteiger partial charge in [0.1, 0.15) is 6.61 Å². The van der Waals surface area contributed by atoms with Crippen LogP contribution in [0.15, 0.2) is 0 Å². The molecule has 0 aliphatic rings. The van der Waals surface area contributed by atoms with Crippen molar-refractivity contribution in [2.24, 2.45) is 5.41 Å². The molecular formula is C9H14O7. The summed E-state index contributed by atoms with van der Waals surface area (Å²) >= 11 is 0. The molecule has 0 saturated heterocycles. The van der Waals surface area contributed by atoms with Gasteiger partial charge in [-0.2, -0.15) is 0 Å². The SMILES string of the molecule is COC(=O)C(C)(C)COC(=O)OCOC=O. The monoisotopic (exact) mass is 234 g/mol. The maximum atomic E-state index is 11.2. The Labute approximate surface area is 92.6 Å². The number of carbonyl (C=O) groups is 3. The number of rotatable bonds is 6. The first-order valence-corrected chi connectivity index (χ1v) is 4.37. The molecule has 0 unspecified atom stereocenters. The molecule has 0 N–H and O–H groups in total. The lowest BCUT2D eigenvalue weighted by Gasteiger charge is -2.20. The average Bonchev–Trinajstić information content (AvgIpc) is 2.25. The topological polar surface area (TPSA) is 88.1 Å².